The van der Waals surface area contributed by atoms with E-state index < -0.39 is 42.4 Å². The van der Waals surface area contributed by atoms with Crippen LogP contribution in [0.2, 0.25) is 0 Å². The van der Waals surface area contributed by atoms with Crippen LogP contribution in [0.4, 0.5) is 22.0 Å². The summed E-state index contributed by atoms with van der Waals surface area (Å²) in [6.07, 6.45) is -6.77. The van der Waals surface area contributed by atoms with Crippen LogP contribution in [0.5, 0.6) is 11.6 Å². The molecule has 4 radical (unpaired) electrons. The van der Waals surface area contributed by atoms with Crippen molar-refractivity contribution in [2.24, 2.45) is 0 Å². The predicted octanol–water partition coefficient (Wildman–Crippen LogP) is 6.16. The summed E-state index contributed by atoms with van der Waals surface area (Å²) in [6, 6.07) is 8.20. The molecule has 18 heteroatoms. The van der Waals surface area contributed by atoms with Crippen molar-refractivity contribution in [1.82, 2.24) is 19.7 Å². The lowest BCUT2D eigenvalue weighted by molar-refractivity contribution is -0.155. The number of aromatic nitrogens is 4. The van der Waals surface area contributed by atoms with Crippen molar-refractivity contribution in [3.05, 3.63) is 76.7 Å². The minimum absolute atomic E-state index is 0.128. The molecule has 1 aromatic carbocycles. The number of rotatable bonds is 11. The van der Waals surface area contributed by atoms with Crippen LogP contribution in [-0.2, 0) is 21.5 Å². The average Bonchev–Trinajstić information content (AvgIpc) is 3.70. The van der Waals surface area contributed by atoms with E-state index in [0.29, 0.717) is 18.9 Å². The van der Waals surface area contributed by atoms with Crippen molar-refractivity contribution < 1.29 is 45.4 Å². The van der Waals surface area contributed by atoms with E-state index in [1.807, 2.05) is 0 Å². The first kappa shape index (κ1) is 32.5. The van der Waals surface area contributed by atoms with E-state index in [0.717, 1.165) is 36.0 Å². The van der Waals surface area contributed by atoms with Gasteiger partial charge in [0.15, 0.2) is 6.17 Å². The Morgan fingerprint density at radius 1 is 1.16 bits per heavy atom. The highest BCUT2D eigenvalue weighted by Gasteiger charge is 2.38. The van der Waals surface area contributed by atoms with Gasteiger partial charge in [0.05, 0.1) is 32.4 Å². The Labute approximate surface area is 266 Å². The van der Waals surface area contributed by atoms with Crippen LogP contribution < -0.4 is 9.47 Å². The number of ether oxygens (including phenoxy) is 3. The van der Waals surface area contributed by atoms with Crippen molar-refractivity contribution >= 4 is 59.1 Å². The van der Waals surface area contributed by atoms with Crippen LogP contribution in [0.3, 0.4) is 0 Å². The van der Waals surface area contributed by atoms with Gasteiger partial charge in [-0.05, 0) is 41.1 Å². The maximum absolute atomic E-state index is 16.4. The molecular formula is C27H18B2BrF5N4O5S. The molecule has 5 aromatic rings. The number of furan rings is 1. The van der Waals surface area contributed by atoms with E-state index in [9.17, 15) is 22.4 Å². The summed E-state index contributed by atoms with van der Waals surface area (Å²) >= 11 is 4.50. The van der Waals surface area contributed by atoms with Gasteiger partial charge in [-0.1, -0.05) is 18.2 Å². The lowest BCUT2D eigenvalue weighted by Crippen LogP contribution is -2.39. The molecule has 4 heterocycles. The second-order valence-corrected chi connectivity index (χ2v) is 11.1. The summed E-state index contributed by atoms with van der Waals surface area (Å²) in [6.45, 7) is -0.131. The quantitative estimate of drug-likeness (QED) is 0.0915. The van der Waals surface area contributed by atoms with E-state index in [-0.39, 0.29) is 40.6 Å². The molecule has 45 heavy (non-hydrogen) atoms. The lowest BCUT2D eigenvalue weighted by Gasteiger charge is -2.31. The fourth-order valence-electron chi connectivity index (χ4n) is 4.29. The molecule has 0 N–H and O–H groups in total. The van der Waals surface area contributed by atoms with Crippen molar-refractivity contribution in [2.75, 3.05) is 6.61 Å². The Balaban J connectivity index is 1.50. The molecule has 2 atom stereocenters. The van der Waals surface area contributed by atoms with Crippen LogP contribution >= 0.6 is 27.3 Å². The summed E-state index contributed by atoms with van der Waals surface area (Å²) < 4.78 is 91.7. The number of hydrogen-bond acceptors (Lipinski definition) is 9. The largest absolute Gasteiger partial charge is 0.501 e. The van der Waals surface area contributed by atoms with Crippen molar-refractivity contribution in [1.29, 1.82) is 0 Å². The normalized spacial score (nSPS) is 13.5. The maximum atomic E-state index is 16.4. The fourth-order valence-corrected chi connectivity index (χ4v) is 6.20. The van der Waals surface area contributed by atoms with Gasteiger partial charge in [0.1, 0.15) is 44.9 Å². The second kappa shape index (κ2) is 12.8. The Morgan fingerprint density at radius 2 is 1.91 bits per heavy atom. The molecule has 5 rings (SSSR count). The van der Waals surface area contributed by atoms with E-state index in [2.05, 4.69) is 31.0 Å². The molecule has 230 valence electrons. The predicted molar refractivity (Wildman–Crippen MR) is 156 cm³/mol. The van der Waals surface area contributed by atoms with Crippen molar-refractivity contribution in [3.8, 4) is 22.3 Å². The molecule has 0 aliphatic carbocycles. The van der Waals surface area contributed by atoms with Crippen molar-refractivity contribution in [3.63, 3.8) is 0 Å². The van der Waals surface area contributed by atoms with Gasteiger partial charge >= 0.3 is 12.1 Å². The van der Waals surface area contributed by atoms with Crippen LogP contribution in [0, 0.1) is 6.01 Å². The molecule has 0 saturated carbocycles. The van der Waals surface area contributed by atoms with E-state index in [4.69, 9.17) is 34.3 Å². The summed E-state index contributed by atoms with van der Waals surface area (Å²) in [7, 11) is 12.1. The van der Waals surface area contributed by atoms with E-state index in [1.165, 1.54) is 37.3 Å². The molecule has 0 saturated heterocycles. The number of fused-ring (bicyclic) bond motifs is 1. The first-order valence-corrected chi connectivity index (χ1v) is 14.5. The van der Waals surface area contributed by atoms with Gasteiger partial charge in [0.2, 0.25) is 12.0 Å². The fraction of sp³-hybridized carbons (Fsp3) is 0.259. The summed E-state index contributed by atoms with van der Waals surface area (Å²) in [5.41, 5.74) is -0.652. The van der Waals surface area contributed by atoms with Crippen molar-refractivity contribution in [2.45, 2.75) is 37.3 Å². The smallest absolute Gasteiger partial charge is 0.408 e. The molecule has 0 fully saturated rings. The van der Waals surface area contributed by atoms with Gasteiger partial charge in [-0.3, -0.25) is 4.68 Å². The minimum Gasteiger partial charge on any atom is -0.501 e. The maximum Gasteiger partial charge on any atom is 0.408 e. The van der Waals surface area contributed by atoms with Gasteiger partial charge in [0.25, 0.3) is 6.01 Å². The SMILES string of the molecule is [B]C([B])(Oc1ccccc1[C@@H](F)[C@H](Oc1ncnc2sc(-c3ccc(F)o3)c(Br)c12)C(=O)OCC)c1ccnn1CC(F)(F)F. The first-order valence-electron chi connectivity index (χ1n) is 12.9. The monoisotopic (exact) mass is 706 g/mol. The summed E-state index contributed by atoms with van der Waals surface area (Å²) in [5.74, 6) is -1.46. The number of alkyl halides is 4. The Morgan fingerprint density at radius 3 is 2.60 bits per heavy atom. The van der Waals surface area contributed by atoms with Gasteiger partial charge < -0.3 is 18.6 Å². The third kappa shape index (κ3) is 7.01. The molecule has 0 aliphatic rings. The molecular weight excluding hydrogens is 689 g/mol. The van der Waals surface area contributed by atoms with Crippen LogP contribution in [0.1, 0.15) is 24.4 Å². The summed E-state index contributed by atoms with van der Waals surface area (Å²) in [4.78, 5) is 22.1. The Hall–Kier alpha value is -3.92. The molecule has 9 nitrogen and oxygen atoms in total. The standard InChI is InChI=1S/C27H18B2BrF5N4O5S/c1-2-41-25(40)21(43-23-18-19(30)22(15-7-8-17(31)42-15)45-24(18)37-12-36-23)20(32)13-5-3-4-6-14(13)44-27(28,29)16-9-10-38-39(16)11-26(33,34)35/h3-10,12,20-21H,2,11H2,1H3/t20-,21+/m1/s1. The number of carbonyl (C=O) groups excluding carboxylic acids is 1. The topological polar surface area (TPSA) is 102 Å². The van der Waals surface area contributed by atoms with Gasteiger partial charge in [-0.15, -0.1) is 11.3 Å². The van der Waals surface area contributed by atoms with Crippen LogP contribution in [0.25, 0.3) is 20.9 Å². The number of esters is 1. The number of nitrogens with zero attached hydrogens (tertiary/aromatic N) is 4. The molecule has 0 bridgehead atoms. The van der Waals surface area contributed by atoms with E-state index >= 15 is 4.39 Å². The Kier molecular flexibility index (Phi) is 9.26. The second-order valence-electron chi connectivity index (χ2n) is 9.32. The average molecular weight is 707 g/mol. The molecule has 0 aliphatic heterocycles. The van der Waals surface area contributed by atoms with Crippen LogP contribution in [0.15, 0.2) is 63.9 Å². The highest BCUT2D eigenvalue weighted by atomic mass is 79.9. The molecule has 0 spiro atoms. The highest BCUT2D eigenvalue weighted by molar-refractivity contribution is 9.10. The summed E-state index contributed by atoms with van der Waals surface area (Å²) in [5, 5.41) is 1.42. The zero-order valence-corrected chi connectivity index (χ0v) is 25.3. The molecule has 0 unspecified atom stereocenters. The number of para-hydroxylation sites is 1. The highest BCUT2D eigenvalue weighted by Crippen LogP contribution is 2.45. The third-order valence-corrected chi connectivity index (χ3v) is 8.32. The number of halogens is 6. The minimum atomic E-state index is -4.65. The number of benzene rings is 1. The number of carbonyl (C=O) groups is 1. The number of hydrogen-bond donors (Lipinski definition) is 0. The van der Waals surface area contributed by atoms with Crippen LogP contribution in [-0.4, -0.2) is 60.3 Å². The first-order chi connectivity index (χ1) is 21.3. The zero-order valence-electron chi connectivity index (χ0n) is 22.9. The third-order valence-electron chi connectivity index (χ3n) is 6.16. The van der Waals surface area contributed by atoms with E-state index in [1.54, 1.807) is 0 Å². The van der Waals surface area contributed by atoms with Gasteiger partial charge in [0, 0.05) is 17.8 Å². The van der Waals surface area contributed by atoms with Gasteiger partial charge in [-0.25, -0.2) is 19.2 Å². The molecule has 4 aromatic heterocycles. The van der Waals surface area contributed by atoms with Gasteiger partial charge in [-0.2, -0.15) is 22.7 Å². The molecule has 0 amide bonds. The lowest BCUT2D eigenvalue weighted by atomic mass is 9.63. The zero-order chi connectivity index (χ0) is 32.5. The Bertz CT molecular complexity index is 1830. The number of thiophene rings is 1.